The highest BCUT2D eigenvalue weighted by atomic mass is 35.5. The molecule has 1 aliphatic heterocycles. The van der Waals surface area contributed by atoms with Gasteiger partial charge < -0.3 is 14.7 Å². The largest absolute Gasteiger partial charge is 0.481 e. The highest BCUT2D eigenvalue weighted by Crippen LogP contribution is 2.35. The molecule has 1 heterocycles. The van der Waals surface area contributed by atoms with Crippen molar-refractivity contribution < 1.29 is 19.4 Å². The van der Waals surface area contributed by atoms with Gasteiger partial charge in [0.1, 0.15) is 6.10 Å². The Morgan fingerprint density at radius 3 is 2.62 bits per heavy atom. The second-order valence-electron chi connectivity index (χ2n) is 6.73. The minimum absolute atomic E-state index is 0.0138. The Labute approximate surface area is 146 Å². The molecule has 6 heteroatoms. The summed E-state index contributed by atoms with van der Waals surface area (Å²) in [4.78, 5) is 25.9. The number of amides is 1. The number of carbonyl (C=O) groups is 2. The van der Waals surface area contributed by atoms with E-state index >= 15 is 0 Å². The van der Waals surface area contributed by atoms with E-state index in [4.69, 9.17) is 21.4 Å². The van der Waals surface area contributed by atoms with Crippen molar-refractivity contribution in [3.05, 3.63) is 34.9 Å². The number of benzene rings is 1. The van der Waals surface area contributed by atoms with Crippen molar-refractivity contribution in [2.24, 2.45) is 11.8 Å². The SMILES string of the molecule is CC1COC(c2ccccc2Cl)CN1C(=O)[C@@H]1CC[C@H](C(=O)O)C1. The molecule has 24 heavy (non-hydrogen) atoms. The van der Waals surface area contributed by atoms with Crippen molar-refractivity contribution in [1.82, 2.24) is 4.90 Å². The molecule has 0 radical (unpaired) electrons. The Morgan fingerprint density at radius 2 is 1.96 bits per heavy atom. The minimum atomic E-state index is -0.797. The first-order chi connectivity index (χ1) is 11.5. The predicted molar refractivity (Wildman–Crippen MR) is 89.8 cm³/mol. The number of halogens is 1. The normalized spacial score (nSPS) is 30.3. The van der Waals surface area contributed by atoms with Crippen LogP contribution in [0.4, 0.5) is 0 Å². The Balaban J connectivity index is 1.71. The van der Waals surface area contributed by atoms with Gasteiger partial charge in [-0.2, -0.15) is 0 Å². The Kier molecular flexibility index (Phi) is 5.11. The first-order valence-electron chi connectivity index (χ1n) is 8.36. The van der Waals surface area contributed by atoms with E-state index in [1.165, 1.54) is 0 Å². The highest BCUT2D eigenvalue weighted by molar-refractivity contribution is 6.31. The molecule has 2 aliphatic rings. The van der Waals surface area contributed by atoms with Crippen LogP contribution < -0.4 is 0 Å². The number of carboxylic acid groups (broad SMARTS) is 1. The molecule has 0 aromatic heterocycles. The number of morpholine rings is 1. The van der Waals surface area contributed by atoms with Crippen LogP contribution in [-0.2, 0) is 14.3 Å². The van der Waals surface area contributed by atoms with Gasteiger partial charge >= 0.3 is 5.97 Å². The van der Waals surface area contributed by atoms with Gasteiger partial charge in [0, 0.05) is 16.5 Å². The molecule has 3 rings (SSSR count). The van der Waals surface area contributed by atoms with Crippen LogP contribution in [0.3, 0.4) is 0 Å². The molecule has 2 fully saturated rings. The predicted octanol–water partition coefficient (Wildman–Crippen LogP) is 3.13. The van der Waals surface area contributed by atoms with Crippen LogP contribution in [0.5, 0.6) is 0 Å². The van der Waals surface area contributed by atoms with Crippen molar-refractivity contribution in [1.29, 1.82) is 0 Å². The average molecular weight is 352 g/mol. The molecule has 0 bridgehead atoms. The molecule has 2 unspecified atom stereocenters. The zero-order valence-corrected chi connectivity index (χ0v) is 14.4. The van der Waals surface area contributed by atoms with Crippen LogP contribution in [0.15, 0.2) is 24.3 Å². The summed E-state index contributed by atoms with van der Waals surface area (Å²) in [5, 5.41) is 9.77. The molecule has 5 nitrogen and oxygen atoms in total. The lowest BCUT2D eigenvalue weighted by molar-refractivity contribution is -0.149. The first kappa shape index (κ1) is 17.2. The quantitative estimate of drug-likeness (QED) is 0.908. The molecule has 1 aromatic rings. The summed E-state index contributed by atoms with van der Waals surface area (Å²) in [6, 6.07) is 7.49. The maximum atomic E-state index is 12.9. The van der Waals surface area contributed by atoms with Crippen molar-refractivity contribution in [2.45, 2.75) is 38.3 Å². The summed E-state index contributed by atoms with van der Waals surface area (Å²) in [7, 11) is 0. The number of ether oxygens (including phenoxy) is 1. The van der Waals surface area contributed by atoms with Gasteiger partial charge in [0.2, 0.25) is 5.91 Å². The Bertz CT molecular complexity index is 635. The molecule has 1 aromatic carbocycles. The summed E-state index contributed by atoms with van der Waals surface area (Å²) in [5.74, 6) is -1.34. The molecular formula is C18H22ClNO4. The summed E-state index contributed by atoms with van der Waals surface area (Å²) in [6.45, 7) is 2.87. The molecule has 130 valence electrons. The third-order valence-electron chi connectivity index (χ3n) is 5.10. The fraction of sp³-hybridized carbons (Fsp3) is 0.556. The van der Waals surface area contributed by atoms with Crippen LogP contribution in [-0.4, -0.2) is 41.1 Å². The summed E-state index contributed by atoms with van der Waals surface area (Å²) in [5.41, 5.74) is 0.888. The van der Waals surface area contributed by atoms with E-state index in [-0.39, 0.29) is 24.0 Å². The zero-order chi connectivity index (χ0) is 17.3. The lowest BCUT2D eigenvalue weighted by Gasteiger charge is -2.39. The van der Waals surface area contributed by atoms with Crippen LogP contribution in [0.1, 0.15) is 37.9 Å². The van der Waals surface area contributed by atoms with E-state index in [0.29, 0.717) is 37.4 Å². The molecular weight excluding hydrogens is 330 g/mol. The van der Waals surface area contributed by atoms with Gasteiger partial charge in [-0.25, -0.2) is 0 Å². The first-order valence-corrected chi connectivity index (χ1v) is 8.74. The molecule has 1 N–H and O–H groups in total. The lowest BCUT2D eigenvalue weighted by Crippen LogP contribution is -2.50. The van der Waals surface area contributed by atoms with Crippen LogP contribution in [0.2, 0.25) is 5.02 Å². The topological polar surface area (TPSA) is 66.8 Å². The van der Waals surface area contributed by atoms with Crippen molar-refractivity contribution in [3.8, 4) is 0 Å². The maximum absolute atomic E-state index is 12.9. The number of hydrogen-bond donors (Lipinski definition) is 1. The van der Waals surface area contributed by atoms with E-state index in [1.807, 2.05) is 36.1 Å². The van der Waals surface area contributed by atoms with Crippen molar-refractivity contribution in [2.75, 3.05) is 13.2 Å². The fourth-order valence-corrected chi connectivity index (χ4v) is 3.91. The average Bonchev–Trinajstić information content (AvgIpc) is 3.06. The van der Waals surface area contributed by atoms with Gasteiger partial charge in [-0.3, -0.25) is 9.59 Å². The lowest BCUT2D eigenvalue weighted by atomic mass is 10.0. The molecule has 1 amide bonds. The third kappa shape index (κ3) is 3.42. The standard InChI is InChI=1S/C18H22ClNO4/c1-11-10-24-16(14-4-2-3-5-15(14)19)9-20(11)17(21)12-6-7-13(8-12)18(22)23/h2-5,11-13,16H,6-10H2,1H3,(H,22,23)/t11?,12-,13+,16?/m1/s1. The van der Waals surface area contributed by atoms with Crippen LogP contribution in [0, 0.1) is 11.8 Å². The van der Waals surface area contributed by atoms with Gasteiger partial charge in [0.15, 0.2) is 0 Å². The second kappa shape index (κ2) is 7.11. The number of carboxylic acids is 1. The van der Waals surface area contributed by atoms with E-state index in [1.54, 1.807) is 0 Å². The Hall–Kier alpha value is -1.59. The minimum Gasteiger partial charge on any atom is -0.481 e. The summed E-state index contributed by atoms with van der Waals surface area (Å²) >= 11 is 6.25. The van der Waals surface area contributed by atoms with Crippen LogP contribution >= 0.6 is 11.6 Å². The third-order valence-corrected chi connectivity index (χ3v) is 5.44. The monoisotopic (exact) mass is 351 g/mol. The zero-order valence-electron chi connectivity index (χ0n) is 13.7. The molecule has 1 saturated heterocycles. The van der Waals surface area contributed by atoms with Gasteiger partial charge in [-0.15, -0.1) is 0 Å². The summed E-state index contributed by atoms with van der Waals surface area (Å²) in [6.07, 6.45) is 1.43. The van der Waals surface area contributed by atoms with Crippen molar-refractivity contribution in [3.63, 3.8) is 0 Å². The van der Waals surface area contributed by atoms with E-state index in [2.05, 4.69) is 0 Å². The molecule has 1 aliphatic carbocycles. The van der Waals surface area contributed by atoms with E-state index in [9.17, 15) is 9.59 Å². The van der Waals surface area contributed by atoms with Gasteiger partial charge in [-0.05, 0) is 32.3 Å². The maximum Gasteiger partial charge on any atom is 0.306 e. The molecule has 1 saturated carbocycles. The Morgan fingerprint density at radius 1 is 1.25 bits per heavy atom. The van der Waals surface area contributed by atoms with Gasteiger partial charge in [0.25, 0.3) is 0 Å². The van der Waals surface area contributed by atoms with Crippen molar-refractivity contribution >= 4 is 23.5 Å². The van der Waals surface area contributed by atoms with Crippen LogP contribution in [0.25, 0.3) is 0 Å². The van der Waals surface area contributed by atoms with E-state index in [0.717, 1.165) is 5.56 Å². The number of hydrogen-bond acceptors (Lipinski definition) is 3. The van der Waals surface area contributed by atoms with Gasteiger partial charge in [-0.1, -0.05) is 29.8 Å². The second-order valence-corrected chi connectivity index (χ2v) is 7.14. The highest BCUT2D eigenvalue weighted by Gasteiger charge is 2.39. The number of aliphatic carboxylic acids is 1. The van der Waals surface area contributed by atoms with Gasteiger partial charge in [0.05, 0.1) is 25.1 Å². The summed E-state index contributed by atoms with van der Waals surface area (Å²) < 4.78 is 5.89. The number of carbonyl (C=O) groups excluding carboxylic acids is 1. The number of nitrogens with zero attached hydrogens (tertiary/aromatic N) is 1. The van der Waals surface area contributed by atoms with E-state index < -0.39 is 11.9 Å². The number of rotatable bonds is 3. The molecule has 0 spiro atoms. The smallest absolute Gasteiger partial charge is 0.306 e. The fourth-order valence-electron chi connectivity index (χ4n) is 3.65. The molecule has 4 atom stereocenters.